The Morgan fingerprint density at radius 3 is 2.67 bits per heavy atom. The van der Waals surface area contributed by atoms with Crippen molar-refractivity contribution in [2.45, 2.75) is 25.8 Å². The number of ketones is 1. The zero-order valence-corrected chi connectivity index (χ0v) is 5.63. The Kier molecular flexibility index (Phi) is 4.26. The Labute approximate surface area is 54.9 Å². The fourth-order valence-corrected chi connectivity index (χ4v) is 0.562. The van der Waals surface area contributed by atoms with Crippen molar-refractivity contribution in [3.8, 4) is 0 Å². The molecule has 0 heterocycles. The molecule has 3 nitrogen and oxygen atoms in total. The van der Waals surface area contributed by atoms with Gasteiger partial charge < -0.3 is 10.8 Å². The standard InChI is InChI=1S/C6H13NO2/c1-2-6(9)5(7)3-4-8/h5,8H,2-4,7H2,1H3/t5-/m0/s1. The average Bonchev–Trinajstić information content (AvgIpc) is 1.87. The first-order chi connectivity index (χ1) is 4.22. The number of hydrogen-bond acceptors (Lipinski definition) is 3. The highest BCUT2D eigenvalue weighted by molar-refractivity contribution is 5.83. The van der Waals surface area contributed by atoms with Crippen molar-refractivity contribution in [1.29, 1.82) is 0 Å². The number of aliphatic hydroxyl groups is 1. The Morgan fingerprint density at radius 2 is 2.33 bits per heavy atom. The minimum atomic E-state index is -0.458. The lowest BCUT2D eigenvalue weighted by atomic mass is 10.1. The molecule has 0 aliphatic heterocycles. The maximum atomic E-state index is 10.7. The first-order valence-electron chi connectivity index (χ1n) is 3.11. The quantitative estimate of drug-likeness (QED) is 0.549. The van der Waals surface area contributed by atoms with Crippen molar-refractivity contribution in [2.24, 2.45) is 5.73 Å². The van der Waals surface area contributed by atoms with Gasteiger partial charge in [0.25, 0.3) is 0 Å². The van der Waals surface area contributed by atoms with Crippen LogP contribution in [0.1, 0.15) is 19.8 Å². The second kappa shape index (κ2) is 4.47. The third kappa shape index (κ3) is 3.21. The molecule has 1 atom stereocenters. The molecule has 0 aromatic carbocycles. The van der Waals surface area contributed by atoms with Gasteiger partial charge in [0.15, 0.2) is 0 Å². The fraction of sp³-hybridized carbons (Fsp3) is 0.833. The zero-order valence-electron chi connectivity index (χ0n) is 5.63. The van der Waals surface area contributed by atoms with E-state index in [1.165, 1.54) is 0 Å². The van der Waals surface area contributed by atoms with Crippen molar-refractivity contribution >= 4 is 5.78 Å². The van der Waals surface area contributed by atoms with Crippen LogP contribution in [0, 0.1) is 0 Å². The van der Waals surface area contributed by atoms with E-state index < -0.39 is 6.04 Å². The fourth-order valence-electron chi connectivity index (χ4n) is 0.562. The summed E-state index contributed by atoms with van der Waals surface area (Å²) in [5.74, 6) is 0.0176. The van der Waals surface area contributed by atoms with E-state index in [2.05, 4.69) is 0 Å². The molecule has 0 bridgehead atoms. The molecule has 0 aliphatic carbocycles. The minimum Gasteiger partial charge on any atom is -0.396 e. The maximum absolute atomic E-state index is 10.7. The Morgan fingerprint density at radius 1 is 1.78 bits per heavy atom. The highest BCUT2D eigenvalue weighted by Gasteiger charge is 2.08. The number of aliphatic hydroxyl groups excluding tert-OH is 1. The van der Waals surface area contributed by atoms with Crippen LogP contribution in [-0.2, 0) is 4.79 Å². The van der Waals surface area contributed by atoms with E-state index in [4.69, 9.17) is 10.8 Å². The van der Waals surface area contributed by atoms with Crippen molar-refractivity contribution in [2.75, 3.05) is 6.61 Å². The number of nitrogens with two attached hydrogens (primary N) is 1. The SMILES string of the molecule is CCC(=O)[C@@H](N)CCO. The molecule has 0 unspecified atom stereocenters. The van der Waals surface area contributed by atoms with Gasteiger partial charge in [0.1, 0.15) is 5.78 Å². The lowest BCUT2D eigenvalue weighted by Crippen LogP contribution is -2.30. The summed E-state index contributed by atoms with van der Waals surface area (Å²) in [6.45, 7) is 1.76. The number of hydrogen-bond donors (Lipinski definition) is 2. The van der Waals surface area contributed by atoms with E-state index in [9.17, 15) is 4.79 Å². The molecular weight excluding hydrogens is 118 g/mol. The van der Waals surface area contributed by atoms with Gasteiger partial charge in [0.2, 0.25) is 0 Å². The van der Waals surface area contributed by atoms with Gasteiger partial charge in [-0.25, -0.2) is 0 Å². The molecule has 54 valence electrons. The van der Waals surface area contributed by atoms with Crippen molar-refractivity contribution in [3.05, 3.63) is 0 Å². The molecule has 0 aliphatic rings. The minimum absolute atomic E-state index is 0.00704. The van der Waals surface area contributed by atoms with Crippen LogP contribution in [0.3, 0.4) is 0 Å². The summed E-state index contributed by atoms with van der Waals surface area (Å²) in [5, 5.41) is 8.35. The Hall–Kier alpha value is -0.410. The summed E-state index contributed by atoms with van der Waals surface area (Å²) in [4.78, 5) is 10.7. The predicted octanol–water partition coefficient (Wildman–Crippen LogP) is -0.325. The van der Waals surface area contributed by atoms with Crippen LogP contribution in [0.4, 0.5) is 0 Å². The molecule has 9 heavy (non-hydrogen) atoms. The van der Waals surface area contributed by atoms with Crippen molar-refractivity contribution < 1.29 is 9.90 Å². The van der Waals surface area contributed by atoms with Crippen LogP contribution in [-0.4, -0.2) is 23.5 Å². The molecule has 3 heteroatoms. The van der Waals surface area contributed by atoms with Crippen LogP contribution in [0.15, 0.2) is 0 Å². The lowest BCUT2D eigenvalue weighted by Gasteiger charge is -2.04. The van der Waals surface area contributed by atoms with Gasteiger partial charge in [-0.1, -0.05) is 6.92 Å². The van der Waals surface area contributed by atoms with E-state index >= 15 is 0 Å². The van der Waals surface area contributed by atoms with Crippen LogP contribution < -0.4 is 5.73 Å². The Bertz CT molecular complexity index is 93.1. The monoisotopic (exact) mass is 131 g/mol. The van der Waals surface area contributed by atoms with Crippen LogP contribution in [0.25, 0.3) is 0 Å². The van der Waals surface area contributed by atoms with Gasteiger partial charge in [-0.3, -0.25) is 4.79 Å². The van der Waals surface area contributed by atoms with Gasteiger partial charge in [-0.15, -0.1) is 0 Å². The largest absolute Gasteiger partial charge is 0.396 e. The van der Waals surface area contributed by atoms with Crippen LogP contribution in [0.5, 0.6) is 0 Å². The van der Waals surface area contributed by atoms with E-state index in [0.717, 1.165) is 0 Å². The first-order valence-corrected chi connectivity index (χ1v) is 3.11. The molecule has 0 amide bonds. The third-order valence-corrected chi connectivity index (χ3v) is 1.20. The number of carbonyl (C=O) groups is 1. The summed E-state index contributed by atoms with van der Waals surface area (Å²) in [6.07, 6.45) is 0.841. The van der Waals surface area contributed by atoms with E-state index in [1.807, 2.05) is 0 Å². The molecule has 0 aromatic heterocycles. The first kappa shape index (κ1) is 8.59. The van der Waals surface area contributed by atoms with Crippen LogP contribution >= 0.6 is 0 Å². The summed E-state index contributed by atoms with van der Waals surface area (Å²) in [6, 6.07) is -0.458. The molecule has 0 saturated heterocycles. The van der Waals surface area contributed by atoms with Crippen molar-refractivity contribution in [3.63, 3.8) is 0 Å². The van der Waals surface area contributed by atoms with Crippen molar-refractivity contribution in [1.82, 2.24) is 0 Å². The van der Waals surface area contributed by atoms with Gasteiger partial charge >= 0.3 is 0 Å². The highest BCUT2D eigenvalue weighted by Crippen LogP contribution is 1.91. The van der Waals surface area contributed by atoms with E-state index in [1.54, 1.807) is 6.92 Å². The number of Topliss-reactive ketones (excluding diaryl/α,β-unsaturated/α-hetero) is 1. The molecular formula is C6H13NO2. The maximum Gasteiger partial charge on any atom is 0.149 e. The molecule has 0 saturated carbocycles. The predicted molar refractivity (Wildman–Crippen MR) is 35.0 cm³/mol. The normalized spacial score (nSPS) is 13.2. The highest BCUT2D eigenvalue weighted by atomic mass is 16.3. The second-order valence-electron chi connectivity index (χ2n) is 1.94. The molecule has 0 spiro atoms. The van der Waals surface area contributed by atoms with Gasteiger partial charge in [-0.2, -0.15) is 0 Å². The number of carbonyl (C=O) groups excluding carboxylic acids is 1. The summed E-state index contributed by atoms with van der Waals surface area (Å²) < 4.78 is 0. The lowest BCUT2D eigenvalue weighted by molar-refractivity contribution is -0.120. The third-order valence-electron chi connectivity index (χ3n) is 1.20. The summed E-state index contributed by atoms with van der Waals surface area (Å²) in [7, 11) is 0. The van der Waals surface area contributed by atoms with Gasteiger partial charge in [0.05, 0.1) is 6.04 Å². The smallest absolute Gasteiger partial charge is 0.149 e. The zero-order chi connectivity index (χ0) is 7.28. The molecule has 0 radical (unpaired) electrons. The molecule has 0 aromatic rings. The molecule has 0 rings (SSSR count). The van der Waals surface area contributed by atoms with E-state index in [0.29, 0.717) is 12.8 Å². The topological polar surface area (TPSA) is 63.3 Å². The number of rotatable bonds is 4. The van der Waals surface area contributed by atoms with Crippen LogP contribution in [0.2, 0.25) is 0 Å². The average molecular weight is 131 g/mol. The second-order valence-corrected chi connectivity index (χ2v) is 1.94. The Balaban J connectivity index is 3.45. The summed E-state index contributed by atoms with van der Waals surface area (Å²) >= 11 is 0. The van der Waals surface area contributed by atoms with Gasteiger partial charge in [0, 0.05) is 13.0 Å². The molecule has 3 N–H and O–H groups in total. The molecule has 0 fully saturated rings. The summed E-state index contributed by atoms with van der Waals surface area (Å²) in [5.41, 5.74) is 5.33. The van der Waals surface area contributed by atoms with Gasteiger partial charge in [-0.05, 0) is 6.42 Å². The van der Waals surface area contributed by atoms with E-state index in [-0.39, 0.29) is 12.4 Å².